The van der Waals surface area contributed by atoms with Crippen LogP contribution in [0, 0.1) is 13.8 Å². The number of hydrogen-bond acceptors (Lipinski definition) is 7. The zero-order valence-corrected chi connectivity index (χ0v) is 21.3. The molecule has 3 N–H and O–H groups in total. The monoisotopic (exact) mass is 487 g/mol. The highest BCUT2D eigenvalue weighted by molar-refractivity contribution is 5.69. The Labute approximate surface area is 209 Å². The highest BCUT2D eigenvalue weighted by Gasteiger charge is 2.12. The van der Waals surface area contributed by atoms with E-state index in [1.54, 1.807) is 18.2 Å². The van der Waals surface area contributed by atoms with Gasteiger partial charge in [-0.3, -0.25) is 4.79 Å². The quantitative estimate of drug-likeness (QED) is 0.175. The first-order valence-corrected chi connectivity index (χ1v) is 12.4. The zero-order valence-electron chi connectivity index (χ0n) is 21.3. The lowest BCUT2D eigenvalue weighted by atomic mass is 10.1. The summed E-state index contributed by atoms with van der Waals surface area (Å²) in [5.74, 6) is -0.128. The van der Waals surface area contributed by atoms with E-state index in [1.165, 1.54) is 23.6 Å². The Hall–Kier alpha value is -2.29. The lowest BCUT2D eigenvalue weighted by molar-refractivity contribution is -0.131. The summed E-state index contributed by atoms with van der Waals surface area (Å²) in [5, 5.41) is 23.1. The number of aliphatic hydroxyl groups excluding tert-OH is 2. The minimum absolute atomic E-state index is 0.263. The van der Waals surface area contributed by atoms with Crippen LogP contribution in [0.1, 0.15) is 66.5 Å². The standard InChI is InChI=1S/C28H41NO6/c1-21-14-22(2)16-24(15-21)20-34-13-12-33-11-7-5-4-6-10-29-18-27(32)25-8-9-28(35-23(3)31)26(17-25)19-30/h8-9,14-17,27,29-30,32H,4-7,10-13,18-20H2,1-3H3/t27-/m0/s1. The molecule has 2 aromatic rings. The molecule has 0 saturated heterocycles. The second-order valence-corrected chi connectivity index (χ2v) is 8.91. The molecule has 194 valence electrons. The molecule has 0 unspecified atom stereocenters. The van der Waals surface area contributed by atoms with Crippen molar-refractivity contribution in [2.75, 3.05) is 32.9 Å². The summed E-state index contributed by atoms with van der Waals surface area (Å²) in [6.45, 7) is 9.07. The molecule has 7 heteroatoms. The van der Waals surface area contributed by atoms with Crippen molar-refractivity contribution in [2.24, 2.45) is 0 Å². The lowest BCUT2D eigenvalue weighted by Gasteiger charge is -2.15. The fraction of sp³-hybridized carbons (Fsp3) is 0.536. The minimum atomic E-state index is -0.697. The Morgan fingerprint density at radius 3 is 2.37 bits per heavy atom. The largest absolute Gasteiger partial charge is 0.426 e. The van der Waals surface area contributed by atoms with E-state index in [0.29, 0.717) is 43.2 Å². The van der Waals surface area contributed by atoms with Crippen molar-refractivity contribution in [3.63, 3.8) is 0 Å². The van der Waals surface area contributed by atoms with Gasteiger partial charge >= 0.3 is 5.97 Å². The summed E-state index contributed by atoms with van der Waals surface area (Å²) in [6, 6.07) is 11.4. The number of aliphatic hydroxyl groups is 2. The Morgan fingerprint density at radius 2 is 1.66 bits per heavy atom. The summed E-state index contributed by atoms with van der Waals surface area (Å²) in [5.41, 5.74) is 4.88. The van der Waals surface area contributed by atoms with E-state index < -0.39 is 12.1 Å². The van der Waals surface area contributed by atoms with Crippen LogP contribution in [0.15, 0.2) is 36.4 Å². The topological polar surface area (TPSA) is 97.3 Å². The van der Waals surface area contributed by atoms with Crippen molar-refractivity contribution in [1.82, 2.24) is 5.32 Å². The van der Waals surface area contributed by atoms with Gasteiger partial charge in [-0.1, -0.05) is 48.2 Å². The number of esters is 1. The predicted octanol–water partition coefficient (Wildman–Crippen LogP) is 4.14. The van der Waals surface area contributed by atoms with Crippen LogP contribution in [-0.2, 0) is 27.5 Å². The Bertz CT molecular complexity index is 881. The molecule has 0 amide bonds. The molecule has 0 radical (unpaired) electrons. The van der Waals surface area contributed by atoms with Gasteiger partial charge < -0.3 is 29.7 Å². The van der Waals surface area contributed by atoms with Gasteiger partial charge in [0.25, 0.3) is 0 Å². The minimum Gasteiger partial charge on any atom is -0.426 e. The summed E-state index contributed by atoms with van der Waals surface area (Å²) in [7, 11) is 0. The molecular weight excluding hydrogens is 446 g/mol. The van der Waals surface area contributed by atoms with E-state index in [4.69, 9.17) is 14.2 Å². The maximum atomic E-state index is 11.1. The lowest BCUT2D eigenvalue weighted by Crippen LogP contribution is -2.22. The van der Waals surface area contributed by atoms with Gasteiger partial charge in [-0.25, -0.2) is 0 Å². The van der Waals surface area contributed by atoms with Gasteiger partial charge in [0.05, 0.1) is 32.5 Å². The number of unbranched alkanes of at least 4 members (excludes halogenated alkanes) is 3. The van der Waals surface area contributed by atoms with Crippen LogP contribution >= 0.6 is 0 Å². The first-order chi connectivity index (χ1) is 16.9. The van der Waals surface area contributed by atoms with E-state index >= 15 is 0 Å². The normalized spacial score (nSPS) is 12.0. The van der Waals surface area contributed by atoms with Crippen molar-refractivity contribution in [3.8, 4) is 5.75 Å². The number of aryl methyl sites for hydroxylation is 2. The SMILES string of the molecule is CC(=O)Oc1ccc([C@@H](O)CNCCCCCCOCCOCc2cc(C)cc(C)c2)cc1CO. The van der Waals surface area contributed by atoms with E-state index in [0.717, 1.165) is 38.8 Å². The summed E-state index contributed by atoms with van der Waals surface area (Å²) < 4.78 is 16.4. The number of carbonyl (C=O) groups is 1. The van der Waals surface area contributed by atoms with E-state index in [9.17, 15) is 15.0 Å². The number of ether oxygens (including phenoxy) is 3. The molecule has 0 saturated carbocycles. The number of rotatable bonds is 17. The molecule has 0 aliphatic heterocycles. The van der Waals surface area contributed by atoms with Crippen LogP contribution in [0.2, 0.25) is 0 Å². The maximum absolute atomic E-state index is 11.1. The summed E-state index contributed by atoms with van der Waals surface area (Å²) >= 11 is 0. The molecule has 0 spiro atoms. The molecular formula is C28H41NO6. The Balaban J connectivity index is 1.46. The Morgan fingerprint density at radius 1 is 0.943 bits per heavy atom. The average molecular weight is 488 g/mol. The number of carbonyl (C=O) groups excluding carboxylic acids is 1. The van der Waals surface area contributed by atoms with E-state index in [-0.39, 0.29) is 6.61 Å². The highest BCUT2D eigenvalue weighted by Crippen LogP contribution is 2.24. The smallest absolute Gasteiger partial charge is 0.308 e. The van der Waals surface area contributed by atoms with Crippen LogP contribution in [-0.4, -0.2) is 49.1 Å². The average Bonchev–Trinajstić information content (AvgIpc) is 2.81. The van der Waals surface area contributed by atoms with Crippen molar-refractivity contribution in [2.45, 2.75) is 65.8 Å². The summed E-state index contributed by atoms with van der Waals surface area (Å²) in [6.07, 6.45) is 3.56. The second-order valence-electron chi connectivity index (χ2n) is 8.91. The van der Waals surface area contributed by atoms with Gasteiger partial charge in [0, 0.05) is 25.6 Å². The molecule has 35 heavy (non-hydrogen) atoms. The Kier molecular flexibility index (Phi) is 13.6. The van der Waals surface area contributed by atoms with Crippen LogP contribution in [0.25, 0.3) is 0 Å². The van der Waals surface area contributed by atoms with E-state index in [2.05, 4.69) is 37.4 Å². The third-order valence-electron chi connectivity index (χ3n) is 5.55. The molecule has 0 aromatic heterocycles. The fourth-order valence-electron chi connectivity index (χ4n) is 3.91. The molecule has 2 aromatic carbocycles. The molecule has 0 heterocycles. The van der Waals surface area contributed by atoms with Crippen molar-refractivity contribution in [1.29, 1.82) is 0 Å². The molecule has 7 nitrogen and oxygen atoms in total. The molecule has 0 aliphatic carbocycles. The van der Waals surface area contributed by atoms with Gasteiger partial charge in [-0.05, 0) is 56.5 Å². The summed E-state index contributed by atoms with van der Waals surface area (Å²) in [4.78, 5) is 11.1. The van der Waals surface area contributed by atoms with Crippen molar-refractivity contribution < 1.29 is 29.2 Å². The molecule has 2 rings (SSSR count). The molecule has 1 atom stereocenters. The third-order valence-corrected chi connectivity index (χ3v) is 5.55. The maximum Gasteiger partial charge on any atom is 0.308 e. The van der Waals surface area contributed by atoms with Gasteiger partial charge in [-0.2, -0.15) is 0 Å². The van der Waals surface area contributed by atoms with Gasteiger partial charge in [-0.15, -0.1) is 0 Å². The second kappa shape index (κ2) is 16.4. The van der Waals surface area contributed by atoms with Crippen LogP contribution < -0.4 is 10.1 Å². The molecule has 0 bridgehead atoms. The van der Waals surface area contributed by atoms with Gasteiger partial charge in [0.2, 0.25) is 0 Å². The third kappa shape index (κ3) is 11.8. The van der Waals surface area contributed by atoms with Crippen LogP contribution in [0.5, 0.6) is 5.75 Å². The fourth-order valence-corrected chi connectivity index (χ4v) is 3.91. The first-order valence-electron chi connectivity index (χ1n) is 12.4. The van der Waals surface area contributed by atoms with Crippen molar-refractivity contribution >= 4 is 5.97 Å². The van der Waals surface area contributed by atoms with Crippen LogP contribution in [0.4, 0.5) is 0 Å². The number of hydrogen-bond donors (Lipinski definition) is 3. The predicted molar refractivity (Wildman–Crippen MR) is 136 cm³/mol. The number of nitrogens with one attached hydrogen (secondary N) is 1. The van der Waals surface area contributed by atoms with Gasteiger partial charge in [0.1, 0.15) is 5.75 Å². The van der Waals surface area contributed by atoms with Gasteiger partial charge in [0.15, 0.2) is 0 Å². The van der Waals surface area contributed by atoms with Crippen molar-refractivity contribution in [3.05, 3.63) is 64.2 Å². The zero-order chi connectivity index (χ0) is 25.5. The van der Waals surface area contributed by atoms with Crippen LogP contribution in [0.3, 0.4) is 0 Å². The number of benzene rings is 2. The van der Waals surface area contributed by atoms with E-state index in [1.807, 2.05) is 0 Å². The molecule has 0 fully saturated rings. The molecule has 0 aliphatic rings. The first kappa shape index (κ1) is 28.9. The highest BCUT2D eigenvalue weighted by atomic mass is 16.5.